The zero-order chi connectivity index (χ0) is 16.8. The van der Waals surface area contributed by atoms with Gasteiger partial charge in [-0.05, 0) is 12.6 Å². The van der Waals surface area contributed by atoms with Crippen LogP contribution in [0.3, 0.4) is 0 Å². The highest BCUT2D eigenvalue weighted by atomic mass is 35.5. The Bertz CT molecular complexity index is 695. The molecule has 3 heterocycles. The summed E-state index contributed by atoms with van der Waals surface area (Å²) < 4.78 is 5.38. The molecule has 0 spiro atoms. The SMILES string of the molecule is Cl.Cl.NCCc1nc(C(=O)NCc2cccnc2N2CCOCC2)cs1. The molecule has 144 valence electrons. The molecule has 0 radical (unpaired) electrons. The number of ether oxygens (including phenoxy) is 1. The van der Waals surface area contributed by atoms with Crippen LogP contribution in [0.2, 0.25) is 0 Å². The van der Waals surface area contributed by atoms with E-state index < -0.39 is 0 Å². The molecule has 26 heavy (non-hydrogen) atoms. The molecule has 1 amide bonds. The van der Waals surface area contributed by atoms with Crippen LogP contribution in [0, 0.1) is 0 Å². The van der Waals surface area contributed by atoms with Crippen molar-refractivity contribution in [1.82, 2.24) is 15.3 Å². The van der Waals surface area contributed by atoms with Gasteiger partial charge in [-0.3, -0.25) is 4.79 Å². The maximum absolute atomic E-state index is 12.3. The number of hydrogen-bond acceptors (Lipinski definition) is 7. The van der Waals surface area contributed by atoms with Crippen molar-refractivity contribution < 1.29 is 9.53 Å². The molecule has 0 aliphatic carbocycles. The molecule has 1 aliphatic rings. The Labute approximate surface area is 169 Å². The van der Waals surface area contributed by atoms with Crippen LogP contribution in [0.15, 0.2) is 23.7 Å². The van der Waals surface area contributed by atoms with E-state index in [-0.39, 0.29) is 30.7 Å². The van der Waals surface area contributed by atoms with E-state index in [1.165, 1.54) is 11.3 Å². The number of rotatable bonds is 6. The minimum Gasteiger partial charge on any atom is -0.378 e. The molecule has 1 aliphatic heterocycles. The van der Waals surface area contributed by atoms with Crippen molar-refractivity contribution in [3.8, 4) is 0 Å². The van der Waals surface area contributed by atoms with Crippen molar-refractivity contribution in [3.05, 3.63) is 40.0 Å². The van der Waals surface area contributed by atoms with Gasteiger partial charge in [0, 0.05) is 43.2 Å². The van der Waals surface area contributed by atoms with E-state index in [1.807, 2.05) is 12.1 Å². The van der Waals surface area contributed by atoms with Crippen molar-refractivity contribution in [2.75, 3.05) is 37.7 Å². The lowest BCUT2D eigenvalue weighted by atomic mass is 10.2. The van der Waals surface area contributed by atoms with Gasteiger partial charge in [0.15, 0.2) is 0 Å². The number of hydrogen-bond donors (Lipinski definition) is 2. The van der Waals surface area contributed by atoms with Crippen LogP contribution in [-0.2, 0) is 17.7 Å². The fourth-order valence-electron chi connectivity index (χ4n) is 2.55. The Kier molecular flexibility index (Phi) is 9.82. The lowest BCUT2D eigenvalue weighted by Crippen LogP contribution is -2.37. The number of carbonyl (C=O) groups is 1. The van der Waals surface area contributed by atoms with Gasteiger partial charge >= 0.3 is 0 Å². The van der Waals surface area contributed by atoms with Crippen LogP contribution in [0.5, 0.6) is 0 Å². The molecular weight excluding hydrogens is 397 g/mol. The molecule has 2 aromatic rings. The van der Waals surface area contributed by atoms with Crippen LogP contribution in [0.25, 0.3) is 0 Å². The van der Waals surface area contributed by atoms with E-state index in [9.17, 15) is 4.79 Å². The van der Waals surface area contributed by atoms with Gasteiger partial charge in [0.05, 0.1) is 18.2 Å². The minimum atomic E-state index is -0.175. The third-order valence-electron chi connectivity index (χ3n) is 3.76. The number of carbonyl (C=O) groups excluding carboxylic acids is 1. The number of halogens is 2. The quantitative estimate of drug-likeness (QED) is 0.738. The third kappa shape index (κ3) is 5.78. The zero-order valence-corrected chi connectivity index (χ0v) is 16.7. The molecular formula is C16H23Cl2N5O2S. The Morgan fingerprint density at radius 2 is 2.12 bits per heavy atom. The molecule has 7 nitrogen and oxygen atoms in total. The number of thiazole rings is 1. The highest BCUT2D eigenvalue weighted by Crippen LogP contribution is 2.18. The maximum atomic E-state index is 12.3. The predicted molar refractivity (Wildman–Crippen MR) is 108 cm³/mol. The van der Waals surface area contributed by atoms with Gasteiger partial charge in [-0.25, -0.2) is 9.97 Å². The van der Waals surface area contributed by atoms with Crippen molar-refractivity contribution in [1.29, 1.82) is 0 Å². The van der Waals surface area contributed by atoms with Crippen LogP contribution >= 0.6 is 36.2 Å². The Balaban J connectivity index is 0.00000169. The third-order valence-corrected chi connectivity index (χ3v) is 4.67. The second-order valence-electron chi connectivity index (χ2n) is 5.43. The molecule has 0 atom stereocenters. The molecule has 3 N–H and O–H groups in total. The zero-order valence-electron chi connectivity index (χ0n) is 14.2. The fraction of sp³-hybridized carbons (Fsp3) is 0.438. The summed E-state index contributed by atoms with van der Waals surface area (Å²) in [5.74, 6) is 0.731. The van der Waals surface area contributed by atoms with Crippen LogP contribution in [0.4, 0.5) is 5.82 Å². The average molecular weight is 420 g/mol. The molecule has 1 saturated heterocycles. The number of morpholine rings is 1. The topological polar surface area (TPSA) is 93.4 Å². The molecule has 0 bridgehead atoms. The van der Waals surface area contributed by atoms with Crippen LogP contribution in [-0.4, -0.2) is 48.7 Å². The van der Waals surface area contributed by atoms with E-state index in [0.29, 0.717) is 38.4 Å². The largest absolute Gasteiger partial charge is 0.378 e. The highest BCUT2D eigenvalue weighted by Gasteiger charge is 2.17. The van der Waals surface area contributed by atoms with Gasteiger partial charge in [-0.1, -0.05) is 6.07 Å². The summed E-state index contributed by atoms with van der Waals surface area (Å²) in [5.41, 5.74) is 6.95. The summed E-state index contributed by atoms with van der Waals surface area (Å²) in [4.78, 5) is 23.2. The lowest BCUT2D eigenvalue weighted by molar-refractivity contribution is 0.0946. The first-order valence-electron chi connectivity index (χ1n) is 7.97. The number of pyridine rings is 1. The van der Waals surface area contributed by atoms with Gasteiger partial charge < -0.3 is 20.7 Å². The van der Waals surface area contributed by atoms with Crippen molar-refractivity contribution in [3.63, 3.8) is 0 Å². The number of aromatic nitrogens is 2. The first-order chi connectivity index (χ1) is 11.8. The van der Waals surface area contributed by atoms with E-state index in [0.717, 1.165) is 29.5 Å². The Hall–Kier alpha value is -1.45. The standard InChI is InChI=1S/C16H21N5O2S.2ClH/c17-4-3-14-20-13(11-24-14)16(22)19-10-12-2-1-5-18-15(12)21-6-8-23-9-7-21;;/h1-2,5,11H,3-4,6-10,17H2,(H,19,22);2*1H. The minimum absolute atomic E-state index is 0. The van der Waals surface area contributed by atoms with Crippen molar-refractivity contribution >= 4 is 47.9 Å². The van der Waals surface area contributed by atoms with E-state index in [1.54, 1.807) is 11.6 Å². The van der Waals surface area contributed by atoms with Gasteiger partial charge in [0.1, 0.15) is 11.5 Å². The lowest BCUT2D eigenvalue weighted by Gasteiger charge is -2.29. The normalized spacial score (nSPS) is 13.5. The van der Waals surface area contributed by atoms with E-state index >= 15 is 0 Å². The van der Waals surface area contributed by atoms with Crippen LogP contribution < -0.4 is 16.0 Å². The van der Waals surface area contributed by atoms with Crippen LogP contribution in [0.1, 0.15) is 21.1 Å². The number of nitrogens with one attached hydrogen (secondary N) is 1. The second kappa shape index (κ2) is 11.3. The average Bonchev–Trinajstić information content (AvgIpc) is 3.10. The van der Waals surface area contributed by atoms with Crippen molar-refractivity contribution in [2.24, 2.45) is 5.73 Å². The van der Waals surface area contributed by atoms with Gasteiger partial charge in [-0.2, -0.15) is 0 Å². The molecule has 0 unspecified atom stereocenters. The Morgan fingerprint density at radius 1 is 1.35 bits per heavy atom. The summed E-state index contributed by atoms with van der Waals surface area (Å²) in [6, 6.07) is 3.87. The summed E-state index contributed by atoms with van der Waals surface area (Å²) in [6.07, 6.45) is 2.47. The summed E-state index contributed by atoms with van der Waals surface area (Å²) in [6.45, 7) is 3.98. The van der Waals surface area contributed by atoms with Gasteiger partial charge in [0.2, 0.25) is 0 Å². The number of amides is 1. The number of nitrogens with zero attached hydrogens (tertiary/aromatic N) is 3. The highest BCUT2D eigenvalue weighted by molar-refractivity contribution is 7.09. The smallest absolute Gasteiger partial charge is 0.271 e. The second-order valence-corrected chi connectivity index (χ2v) is 6.38. The fourth-order valence-corrected chi connectivity index (χ4v) is 3.34. The monoisotopic (exact) mass is 419 g/mol. The molecule has 0 saturated carbocycles. The van der Waals surface area contributed by atoms with Gasteiger partial charge in [-0.15, -0.1) is 36.2 Å². The predicted octanol–water partition coefficient (Wildman–Crippen LogP) is 1.65. The molecule has 1 fully saturated rings. The summed E-state index contributed by atoms with van der Waals surface area (Å²) in [5, 5.41) is 5.58. The maximum Gasteiger partial charge on any atom is 0.271 e. The summed E-state index contributed by atoms with van der Waals surface area (Å²) in [7, 11) is 0. The molecule has 3 rings (SSSR count). The van der Waals surface area contributed by atoms with Gasteiger partial charge in [0.25, 0.3) is 5.91 Å². The Morgan fingerprint density at radius 3 is 2.85 bits per heavy atom. The molecule has 0 aromatic carbocycles. The van der Waals surface area contributed by atoms with E-state index in [2.05, 4.69) is 20.2 Å². The number of anilines is 1. The molecule has 10 heteroatoms. The first kappa shape index (κ1) is 22.6. The summed E-state index contributed by atoms with van der Waals surface area (Å²) >= 11 is 1.46. The number of nitrogens with two attached hydrogens (primary N) is 1. The molecule has 2 aromatic heterocycles. The van der Waals surface area contributed by atoms with Crippen molar-refractivity contribution in [2.45, 2.75) is 13.0 Å². The first-order valence-corrected chi connectivity index (χ1v) is 8.85. The van der Waals surface area contributed by atoms with E-state index in [4.69, 9.17) is 10.5 Å².